The zero-order chi connectivity index (χ0) is 13.1. The Morgan fingerprint density at radius 2 is 2.39 bits per heavy atom. The van der Waals surface area contributed by atoms with Crippen molar-refractivity contribution in [1.82, 2.24) is 9.97 Å². The summed E-state index contributed by atoms with van der Waals surface area (Å²) in [4.78, 5) is 22.3. The number of anilines is 1. The molecule has 1 aromatic rings. The Morgan fingerprint density at radius 1 is 1.61 bits per heavy atom. The second-order valence-electron chi connectivity index (χ2n) is 4.27. The van der Waals surface area contributed by atoms with Crippen LogP contribution in [-0.4, -0.2) is 47.6 Å². The molecule has 0 radical (unpaired) electrons. The Hall–Kier alpha value is -1.30. The van der Waals surface area contributed by atoms with Crippen molar-refractivity contribution < 1.29 is 9.53 Å². The number of rotatable bonds is 3. The summed E-state index contributed by atoms with van der Waals surface area (Å²) in [6.07, 6.45) is 2.66. The molecule has 1 fully saturated rings. The van der Waals surface area contributed by atoms with E-state index in [9.17, 15) is 4.79 Å². The monoisotopic (exact) mass is 267 g/mol. The first kappa shape index (κ1) is 13.1. The molecule has 2 heterocycles. The second kappa shape index (κ2) is 5.56. The van der Waals surface area contributed by atoms with Gasteiger partial charge >= 0.3 is 5.97 Å². The molecule has 98 valence electrons. The summed E-state index contributed by atoms with van der Waals surface area (Å²) >= 11 is 1.93. The molecule has 2 rings (SSSR count). The smallest absolute Gasteiger partial charge is 0.343 e. The van der Waals surface area contributed by atoms with E-state index >= 15 is 0 Å². The molecule has 0 amide bonds. The molecule has 1 aliphatic heterocycles. The van der Waals surface area contributed by atoms with Crippen LogP contribution in [0.4, 0.5) is 5.82 Å². The van der Waals surface area contributed by atoms with Crippen molar-refractivity contribution in [3.05, 3.63) is 17.6 Å². The predicted octanol–water partition coefficient (Wildman–Crippen LogP) is 1.51. The Labute approximate surface area is 111 Å². The number of ether oxygens (including phenoxy) is 1. The summed E-state index contributed by atoms with van der Waals surface area (Å²) in [5, 5.41) is 0. The van der Waals surface area contributed by atoms with Gasteiger partial charge in [-0.15, -0.1) is 0 Å². The topological polar surface area (TPSA) is 55.3 Å². The number of carbonyl (C=O) groups is 1. The number of nitrogens with zero attached hydrogens (tertiary/aromatic N) is 3. The van der Waals surface area contributed by atoms with E-state index in [-0.39, 0.29) is 5.97 Å². The number of hydrogen-bond donors (Lipinski definition) is 0. The van der Waals surface area contributed by atoms with Gasteiger partial charge in [-0.2, -0.15) is 11.8 Å². The van der Waals surface area contributed by atoms with Gasteiger partial charge in [0.1, 0.15) is 17.2 Å². The van der Waals surface area contributed by atoms with E-state index in [0.717, 1.165) is 17.9 Å². The molecule has 0 bridgehead atoms. The Kier molecular flexibility index (Phi) is 4.06. The number of thioether (sulfide) groups is 1. The van der Waals surface area contributed by atoms with Crippen LogP contribution in [0.15, 0.2) is 6.20 Å². The lowest BCUT2D eigenvalue weighted by Crippen LogP contribution is -2.33. The van der Waals surface area contributed by atoms with Crippen LogP contribution in [0.3, 0.4) is 0 Å². The van der Waals surface area contributed by atoms with Crippen LogP contribution in [0.25, 0.3) is 0 Å². The van der Waals surface area contributed by atoms with Crippen molar-refractivity contribution in [3.8, 4) is 0 Å². The third-order valence-electron chi connectivity index (χ3n) is 3.08. The van der Waals surface area contributed by atoms with E-state index in [1.165, 1.54) is 7.11 Å². The number of methoxy groups -OCH3 is 1. The summed E-state index contributed by atoms with van der Waals surface area (Å²) in [6, 6.07) is 0.424. The highest BCUT2D eigenvalue weighted by atomic mass is 32.2. The zero-order valence-electron chi connectivity index (χ0n) is 10.8. The summed E-state index contributed by atoms with van der Waals surface area (Å²) < 4.78 is 4.78. The SMILES string of the molecule is COC(=O)c1cnc(C)nc1N(C)C1CCSC1. The van der Waals surface area contributed by atoms with Crippen LogP contribution in [0.1, 0.15) is 22.6 Å². The van der Waals surface area contributed by atoms with Gasteiger partial charge in [0, 0.05) is 25.0 Å². The van der Waals surface area contributed by atoms with Gasteiger partial charge in [-0.05, 0) is 19.1 Å². The number of carbonyl (C=O) groups excluding carboxylic acids is 1. The first-order valence-electron chi connectivity index (χ1n) is 5.86. The highest BCUT2D eigenvalue weighted by Gasteiger charge is 2.25. The van der Waals surface area contributed by atoms with Gasteiger partial charge < -0.3 is 9.64 Å². The van der Waals surface area contributed by atoms with E-state index in [4.69, 9.17) is 4.74 Å². The second-order valence-corrected chi connectivity index (χ2v) is 5.42. The van der Waals surface area contributed by atoms with E-state index < -0.39 is 0 Å². The molecule has 0 saturated carbocycles. The van der Waals surface area contributed by atoms with Crippen LogP contribution in [0, 0.1) is 6.92 Å². The predicted molar refractivity (Wildman–Crippen MR) is 72.2 cm³/mol. The van der Waals surface area contributed by atoms with Crippen molar-refractivity contribution in [3.63, 3.8) is 0 Å². The van der Waals surface area contributed by atoms with Crippen molar-refractivity contribution in [1.29, 1.82) is 0 Å². The van der Waals surface area contributed by atoms with Gasteiger partial charge in [-0.3, -0.25) is 0 Å². The first-order valence-corrected chi connectivity index (χ1v) is 7.01. The molecule has 1 aromatic heterocycles. The number of aryl methyl sites for hydroxylation is 1. The van der Waals surface area contributed by atoms with E-state index in [1.807, 2.05) is 25.7 Å². The third kappa shape index (κ3) is 2.58. The lowest BCUT2D eigenvalue weighted by Gasteiger charge is -2.26. The zero-order valence-corrected chi connectivity index (χ0v) is 11.7. The van der Waals surface area contributed by atoms with E-state index in [2.05, 4.69) is 14.9 Å². The van der Waals surface area contributed by atoms with Gasteiger partial charge in [-0.1, -0.05) is 0 Å². The number of esters is 1. The van der Waals surface area contributed by atoms with Gasteiger partial charge in [0.05, 0.1) is 7.11 Å². The van der Waals surface area contributed by atoms with Crippen LogP contribution >= 0.6 is 11.8 Å². The van der Waals surface area contributed by atoms with Crippen LogP contribution in [0.5, 0.6) is 0 Å². The van der Waals surface area contributed by atoms with Gasteiger partial charge in [0.2, 0.25) is 0 Å². The lowest BCUT2D eigenvalue weighted by atomic mass is 10.2. The summed E-state index contributed by atoms with van der Waals surface area (Å²) in [7, 11) is 3.35. The fourth-order valence-electron chi connectivity index (χ4n) is 1.98. The van der Waals surface area contributed by atoms with Gasteiger partial charge in [-0.25, -0.2) is 14.8 Å². The summed E-state index contributed by atoms with van der Waals surface area (Å²) in [5.41, 5.74) is 0.433. The lowest BCUT2D eigenvalue weighted by molar-refractivity contribution is 0.0600. The highest BCUT2D eigenvalue weighted by molar-refractivity contribution is 7.99. The maximum Gasteiger partial charge on any atom is 0.343 e. The van der Waals surface area contributed by atoms with E-state index in [1.54, 1.807) is 6.20 Å². The fourth-order valence-corrected chi connectivity index (χ4v) is 3.25. The molecule has 18 heavy (non-hydrogen) atoms. The van der Waals surface area contributed by atoms with Gasteiger partial charge in [0.25, 0.3) is 0 Å². The molecule has 5 nitrogen and oxygen atoms in total. The van der Waals surface area contributed by atoms with Crippen molar-refractivity contribution in [2.75, 3.05) is 30.6 Å². The molecule has 0 aromatic carbocycles. The molecule has 1 aliphatic rings. The van der Waals surface area contributed by atoms with Crippen LogP contribution < -0.4 is 4.90 Å². The standard InChI is InChI=1S/C12H17N3O2S/c1-8-13-6-10(12(16)17-3)11(14-8)15(2)9-4-5-18-7-9/h6,9H,4-5,7H2,1-3H3. The molecule has 6 heteroatoms. The average Bonchev–Trinajstić information content (AvgIpc) is 2.90. The molecular formula is C12H17N3O2S. The Balaban J connectivity index is 2.34. The van der Waals surface area contributed by atoms with Crippen LogP contribution in [-0.2, 0) is 4.74 Å². The van der Waals surface area contributed by atoms with Crippen LogP contribution in [0.2, 0.25) is 0 Å². The first-order chi connectivity index (χ1) is 8.63. The molecule has 1 atom stereocenters. The molecule has 0 spiro atoms. The highest BCUT2D eigenvalue weighted by Crippen LogP contribution is 2.27. The normalized spacial score (nSPS) is 18.7. The summed E-state index contributed by atoms with van der Waals surface area (Å²) in [5.74, 6) is 3.17. The molecular weight excluding hydrogens is 250 g/mol. The number of aromatic nitrogens is 2. The quantitative estimate of drug-likeness (QED) is 0.774. The molecule has 0 aliphatic carbocycles. The average molecular weight is 267 g/mol. The maximum absolute atomic E-state index is 11.7. The van der Waals surface area contributed by atoms with Crippen molar-refractivity contribution >= 4 is 23.5 Å². The third-order valence-corrected chi connectivity index (χ3v) is 4.23. The van der Waals surface area contributed by atoms with Crippen molar-refractivity contribution in [2.45, 2.75) is 19.4 Å². The Morgan fingerprint density at radius 3 is 3.00 bits per heavy atom. The minimum atomic E-state index is -0.387. The Bertz CT molecular complexity index is 447. The molecule has 0 N–H and O–H groups in total. The van der Waals surface area contributed by atoms with Crippen molar-refractivity contribution in [2.24, 2.45) is 0 Å². The fraction of sp³-hybridized carbons (Fsp3) is 0.583. The van der Waals surface area contributed by atoms with E-state index in [0.29, 0.717) is 23.2 Å². The maximum atomic E-state index is 11.7. The largest absolute Gasteiger partial charge is 0.465 e. The summed E-state index contributed by atoms with van der Waals surface area (Å²) in [6.45, 7) is 1.82. The number of hydrogen-bond acceptors (Lipinski definition) is 6. The molecule has 1 saturated heterocycles. The minimum Gasteiger partial charge on any atom is -0.465 e. The molecule has 1 unspecified atom stereocenters. The minimum absolute atomic E-state index is 0.387. The van der Waals surface area contributed by atoms with Gasteiger partial charge in [0.15, 0.2) is 0 Å².